The summed E-state index contributed by atoms with van der Waals surface area (Å²) in [6.45, 7) is 0.614. The number of nitrogens with one attached hydrogen (secondary N) is 1. The van der Waals surface area contributed by atoms with E-state index in [0.717, 1.165) is 5.69 Å². The predicted octanol–water partition coefficient (Wildman–Crippen LogP) is 1.73. The molecule has 1 heterocycles. The van der Waals surface area contributed by atoms with Crippen LogP contribution >= 0.6 is 11.3 Å². The fourth-order valence-electron chi connectivity index (χ4n) is 1.17. The van der Waals surface area contributed by atoms with Crippen LogP contribution in [0.3, 0.4) is 0 Å². The highest BCUT2D eigenvalue weighted by atomic mass is 32.1. The summed E-state index contributed by atoms with van der Waals surface area (Å²) in [7, 11) is 1.86. The van der Waals surface area contributed by atoms with Crippen LogP contribution in [-0.4, -0.2) is 42.7 Å². The molecule has 0 spiro atoms. The number of hydrogen-bond acceptors (Lipinski definition) is 4. The highest BCUT2D eigenvalue weighted by molar-refractivity contribution is 7.07. The summed E-state index contributed by atoms with van der Waals surface area (Å²) in [5.41, 5.74) is 2.69. The second-order valence-electron chi connectivity index (χ2n) is 3.51. The molecule has 3 nitrogen and oxygen atoms in total. The van der Waals surface area contributed by atoms with Gasteiger partial charge in [0.1, 0.15) is 0 Å². The molecule has 0 aromatic carbocycles. The molecular formula is C9H14F3N3S. The van der Waals surface area contributed by atoms with Gasteiger partial charge in [-0.25, -0.2) is 4.98 Å². The van der Waals surface area contributed by atoms with E-state index in [9.17, 15) is 13.2 Å². The van der Waals surface area contributed by atoms with E-state index in [0.29, 0.717) is 19.6 Å². The lowest BCUT2D eigenvalue weighted by molar-refractivity contribution is -0.124. The third kappa shape index (κ3) is 6.04. The van der Waals surface area contributed by atoms with E-state index in [1.54, 1.807) is 5.51 Å². The number of halogens is 3. The molecule has 0 fully saturated rings. The lowest BCUT2D eigenvalue weighted by Crippen LogP contribution is -2.34. The molecule has 0 bridgehead atoms. The monoisotopic (exact) mass is 253 g/mol. The van der Waals surface area contributed by atoms with Crippen molar-refractivity contribution in [2.75, 3.05) is 26.7 Å². The van der Waals surface area contributed by atoms with Gasteiger partial charge in [0, 0.05) is 25.0 Å². The van der Waals surface area contributed by atoms with Gasteiger partial charge in [-0.2, -0.15) is 13.2 Å². The number of thiazole rings is 1. The highest BCUT2D eigenvalue weighted by Crippen LogP contribution is 2.11. The molecule has 1 aromatic rings. The third-order valence-electron chi connectivity index (χ3n) is 1.91. The zero-order chi connectivity index (χ0) is 12.0. The zero-order valence-electron chi connectivity index (χ0n) is 8.92. The van der Waals surface area contributed by atoms with Crippen LogP contribution in [-0.2, 0) is 6.54 Å². The van der Waals surface area contributed by atoms with E-state index in [-0.39, 0.29) is 0 Å². The molecule has 16 heavy (non-hydrogen) atoms. The highest BCUT2D eigenvalue weighted by Gasteiger charge is 2.25. The van der Waals surface area contributed by atoms with E-state index >= 15 is 0 Å². The molecule has 0 saturated heterocycles. The molecule has 0 atom stereocenters. The van der Waals surface area contributed by atoms with Crippen molar-refractivity contribution in [1.82, 2.24) is 15.2 Å². The summed E-state index contributed by atoms with van der Waals surface area (Å²) in [6.07, 6.45) is -4.13. The standard InChI is InChI=1S/C9H14F3N3S/c1-15(4-8-5-16-7-14-8)3-2-13-6-9(10,11)12/h5,7,13H,2-4,6H2,1H3. The van der Waals surface area contributed by atoms with Crippen molar-refractivity contribution >= 4 is 11.3 Å². The van der Waals surface area contributed by atoms with Crippen LogP contribution < -0.4 is 5.32 Å². The number of likely N-dealkylation sites (N-methyl/N-ethyl adjacent to an activating group) is 1. The summed E-state index contributed by atoms with van der Waals surface area (Å²) in [5.74, 6) is 0. The Bertz CT molecular complexity index is 287. The van der Waals surface area contributed by atoms with Gasteiger partial charge in [0.15, 0.2) is 0 Å². The van der Waals surface area contributed by atoms with Gasteiger partial charge in [-0.1, -0.05) is 0 Å². The fraction of sp³-hybridized carbons (Fsp3) is 0.667. The first-order valence-electron chi connectivity index (χ1n) is 4.80. The lowest BCUT2D eigenvalue weighted by Gasteiger charge is -2.16. The SMILES string of the molecule is CN(CCNCC(F)(F)F)Cc1cscn1. The van der Waals surface area contributed by atoms with Crippen LogP contribution in [0.15, 0.2) is 10.9 Å². The van der Waals surface area contributed by atoms with E-state index in [4.69, 9.17) is 0 Å². The molecule has 1 N–H and O–H groups in total. The summed E-state index contributed by atoms with van der Waals surface area (Å²) in [5, 5.41) is 4.28. The largest absolute Gasteiger partial charge is 0.401 e. The van der Waals surface area contributed by atoms with Crippen LogP contribution in [0, 0.1) is 0 Å². The maximum atomic E-state index is 11.8. The Kier molecular flexibility index (Phi) is 5.17. The van der Waals surface area contributed by atoms with Gasteiger partial charge in [0.05, 0.1) is 17.7 Å². The van der Waals surface area contributed by atoms with E-state index in [1.165, 1.54) is 11.3 Å². The third-order valence-corrected chi connectivity index (χ3v) is 2.55. The quantitative estimate of drug-likeness (QED) is 0.783. The molecule has 0 amide bonds. The molecular weight excluding hydrogens is 239 g/mol. The summed E-state index contributed by atoms with van der Waals surface area (Å²) in [4.78, 5) is 6.03. The molecule has 7 heteroatoms. The first-order chi connectivity index (χ1) is 7.47. The molecule has 92 valence electrons. The summed E-state index contributed by atoms with van der Waals surface area (Å²) >= 11 is 1.51. The first kappa shape index (κ1) is 13.4. The Morgan fingerprint density at radius 3 is 2.81 bits per heavy atom. The average Bonchev–Trinajstić information content (AvgIpc) is 2.63. The number of rotatable bonds is 6. The maximum Gasteiger partial charge on any atom is 0.401 e. The van der Waals surface area contributed by atoms with Gasteiger partial charge in [-0.05, 0) is 7.05 Å². The molecule has 0 unspecified atom stereocenters. The van der Waals surface area contributed by atoms with Gasteiger partial charge >= 0.3 is 6.18 Å². The Balaban J connectivity index is 2.09. The molecule has 0 saturated carbocycles. The van der Waals surface area contributed by atoms with E-state index in [2.05, 4.69) is 10.3 Å². The van der Waals surface area contributed by atoms with E-state index < -0.39 is 12.7 Å². The van der Waals surface area contributed by atoms with Crippen molar-refractivity contribution < 1.29 is 13.2 Å². The normalized spacial score (nSPS) is 12.3. The lowest BCUT2D eigenvalue weighted by atomic mass is 10.4. The van der Waals surface area contributed by atoms with Crippen LogP contribution in [0.5, 0.6) is 0 Å². The van der Waals surface area contributed by atoms with Crippen LogP contribution in [0.1, 0.15) is 5.69 Å². The predicted molar refractivity (Wildman–Crippen MR) is 57.4 cm³/mol. The second kappa shape index (κ2) is 6.17. The topological polar surface area (TPSA) is 28.2 Å². The Hall–Kier alpha value is -0.660. The zero-order valence-corrected chi connectivity index (χ0v) is 9.74. The van der Waals surface area contributed by atoms with Crippen LogP contribution in [0.2, 0.25) is 0 Å². The van der Waals surface area contributed by atoms with E-state index in [1.807, 2.05) is 17.3 Å². The van der Waals surface area contributed by atoms with Gasteiger partial charge in [0.2, 0.25) is 0 Å². The van der Waals surface area contributed by atoms with Gasteiger partial charge in [-0.15, -0.1) is 11.3 Å². The Labute approximate surface area is 96.3 Å². The van der Waals surface area contributed by atoms with Crippen LogP contribution in [0.25, 0.3) is 0 Å². The van der Waals surface area contributed by atoms with Crippen molar-refractivity contribution in [2.45, 2.75) is 12.7 Å². The second-order valence-corrected chi connectivity index (χ2v) is 4.23. The Morgan fingerprint density at radius 1 is 1.50 bits per heavy atom. The fourth-order valence-corrected chi connectivity index (χ4v) is 1.72. The summed E-state index contributed by atoms with van der Waals surface area (Å²) < 4.78 is 35.4. The molecule has 0 radical (unpaired) electrons. The number of hydrogen-bond donors (Lipinski definition) is 1. The molecule has 0 aliphatic rings. The smallest absolute Gasteiger partial charge is 0.307 e. The van der Waals surface area contributed by atoms with Gasteiger partial charge < -0.3 is 5.32 Å². The number of nitrogens with zero attached hydrogens (tertiary/aromatic N) is 2. The molecule has 1 aromatic heterocycles. The number of aromatic nitrogens is 1. The minimum atomic E-state index is -4.13. The van der Waals surface area contributed by atoms with Gasteiger partial charge in [-0.3, -0.25) is 4.90 Å². The maximum absolute atomic E-state index is 11.8. The summed E-state index contributed by atoms with van der Waals surface area (Å²) in [6, 6.07) is 0. The molecule has 0 aliphatic carbocycles. The van der Waals surface area contributed by atoms with Crippen molar-refractivity contribution in [2.24, 2.45) is 0 Å². The van der Waals surface area contributed by atoms with Crippen molar-refractivity contribution in [1.29, 1.82) is 0 Å². The minimum absolute atomic E-state index is 0.320. The minimum Gasteiger partial charge on any atom is -0.307 e. The Morgan fingerprint density at radius 2 is 2.25 bits per heavy atom. The molecule has 0 aliphatic heterocycles. The van der Waals surface area contributed by atoms with Crippen molar-refractivity contribution in [3.05, 3.63) is 16.6 Å². The van der Waals surface area contributed by atoms with Crippen LogP contribution in [0.4, 0.5) is 13.2 Å². The van der Waals surface area contributed by atoms with Crippen molar-refractivity contribution in [3.63, 3.8) is 0 Å². The molecule has 1 rings (SSSR count). The first-order valence-corrected chi connectivity index (χ1v) is 5.75. The average molecular weight is 253 g/mol. The van der Waals surface area contributed by atoms with Gasteiger partial charge in [0.25, 0.3) is 0 Å². The number of alkyl halides is 3. The van der Waals surface area contributed by atoms with Crippen molar-refractivity contribution in [3.8, 4) is 0 Å².